The van der Waals surface area contributed by atoms with Crippen LogP contribution < -0.4 is 5.32 Å². The lowest BCUT2D eigenvalue weighted by Gasteiger charge is -2.07. The van der Waals surface area contributed by atoms with Crippen LogP contribution in [-0.4, -0.2) is 10.9 Å². The zero-order valence-corrected chi connectivity index (χ0v) is 9.71. The zero-order chi connectivity index (χ0) is 13.1. The van der Waals surface area contributed by atoms with E-state index in [1.165, 1.54) is 24.3 Å². The molecule has 0 saturated heterocycles. The van der Waals surface area contributed by atoms with Crippen molar-refractivity contribution in [3.8, 4) is 0 Å². The first-order valence-corrected chi connectivity index (χ1v) is 5.32. The maximum atomic E-state index is 13.4. The Balaban J connectivity index is 2.24. The van der Waals surface area contributed by atoms with Crippen LogP contribution in [-0.2, 0) is 0 Å². The van der Waals surface area contributed by atoms with Crippen LogP contribution in [0.2, 0.25) is 5.02 Å². The number of halogens is 3. The van der Waals surface area contributed by atoms with Crippen molar-refractivity contribution in [1.82, 2.24) is 4.98 Å². The summed E-state index contributed by atoms with van der Waals surface area (Å²) in [5.41, 5.74) is -0.00999. The summed E-state index contributed by atoms with van der Waals surface area (Å²) in [5.74, 6) is -1.96. The van der Waals surface area contributed by atoms with E-state index < -0.39 is 17.7 Å². The minimum Gasteiger partial charge on any atom is -0.318 e. The minimum atomic E-state index is -0.699. The van der Waals surface area contributed by atoms with Crippen molar-refractivity contribution in [1.29, 1.82) is 0 Å². The monoisotopic (exact) mass is 268 g/mol. The summed E-state index contributed by atoms with van der Waals surface area (Å²) in [6.45, 7) is 0. The topological polar surface area (TPSA) is 42.0 Å². The fourth-order valence-electron chi connectivity index (χ4n) is 1.31. The average Bonchev–Trinajstić information content (AvgIpc) is 2.34. The van der Waals surface area contributed by atoms with Crippen molar-refractivity contribution in [2.75, 3.05) is 5.32 Å². The summed E-state index contributed by atoms with van der Waals surface area (Å²) in [7, 11) is 0. The van der Waals surface area contributed by atoms with Gasteiger partial charge in [-0.25, -0.2) is 9.37 Å². The number of carbonyl (C=O) groups excluding carboxylic acids is 1. The molecule has 1 heterocycles. The van der Waals surface area contributed by atoms with Gasteiger partial charge in [-0.1, -0.05) is 17.7 Å². The van der Waals surface area contributed by atoms with Gasteiger partial charge in [-0.15, -0.1) is 0 Å². The van der Waals surface area contributed by atoms with E-state index in [1.54, 1.807) is 0 Å². The van der Waals surface area contributed by atoms with Crippen LogP contribution in [0.25, 0.3) is 0 Å². The van der Waals surface area contributed by atoms with Gasteiger partial charge in [0.05, 0.1) is 16.3 Å². The number of rotatable bonds is 2. The van der Waals surface area contributed by atoms with E-state index in [0.29, 0.717) is 0 Å². The van der Waals surface area contributed by atoms with E-state index in [1.807, 2.05) is 0 Å². The molecule has 6 heteroatoms. The molecule has 18 heavy (non-hydrogen) atoms. The molecule has 0 bridgehead atoms. The molecule has 0 aliphatic heterocycles. The molecule has 0 atom stereocenters. The molecule has 1 N–H and O–H groups in total. The molecule has 0 radical (unpaired) electrons. The van der Waals surface area contributed by atoms with Gasteiger partial charge in [0.1, 0.15) is 5.82 Å². The molecule has 0 fully saturated rings. The highest BCUT2D eigenvalue weighted by molar-refractivity contribution is 6.33. The Morgan fingerprint density at radius 3 is 2.61 bits per heavy atom. The Bertz CT molecular complexity index is 567. The van der Waals surface area contributed by atoms with Crippen LogP contribution in [0.4, 0.5) is 14.5 Å². The van der Waals surface area contributed by atoms with Gasteiger partial charge in [-0.05, 0) is 24.3 Å². The van der Waals surface area contributed by atoms with E-state index in [4.69, 9.17) is 11.6 Å². The lowest BCUT2D eigenvalue weighted by molar-refractivity contribution is 0.102. The standard InChI is InChI=1S/C12H7ClF2N2O/c13-8-2-1-3-9(14)11(8)17-12(18)7-4-5-10(15)16-6-7/h1-6H,(H,17,18). The van der Waals surface area contributed by atoms with Gasteiger partial charge in [-0.3, -0.25) is 4.79 Å². The highest BCUT2D eigenvalue weighted by Gasteiger charge is 2.12. The molecule has 3 nitrogen and oxygen atoms in total. The van der Waals surface area contributed by atoms with E-state index in [2.05, 4.69) is 10.3 Å². The number of hydrogen-bond acceptors (Lipinski definition) is 2. The molecular formula is C12H7ClF2N2O. The molecule has 0 aliphatic carbocycles. The van der Waals surface area contributed by atoms with Crippen LogP contribution in [0.1, 0.15) is 10.4 Å². The number of aromatic nitrogens is 1. The van der Waals surface area contributed by atoms with Gasteiger partial charge >= 0.3 is 0 Å². The molecule has 0 unspecified atom stereocenters. The molecule has 0 aliphatic rings. The third-order valence-electron chi connectivity index (χ3n) is 2.19. The second-order valence-electron chi connectivity index (χ2n) is 3.42. The van der Waals surface area contributed by atoms with Gasteiger partial charge in [-0.2, -0.15) is 4.39 Å². The quantitative estimate of drug-likeness (QED) is 0.850. The van der Waals surface area contributed by atoms with Crippen molar-refractivity contribution in [2.24, 2.45) is 0 Å². The summed E-state index contributed by atoms with van der Waals surface area (Å²) in [4.78, 5) is 15.1. The number of anilines is 1. The second kappa shape index (κ2) is 5.10. The van der Waals surface area contributed by atoms with E-state index in [9.17, 15) is 13.6 Å². The Kier molecular flexibility index (Phi) is 3.53. The maximum Gasteiger partial charge on any atom is 0.257 e. The lowest BCUT2D eigenvalue weighted by atomic mass is 10.2. The molecular weight excluding hydrogens is 262 g/mol. The highest BCUT2D eigenvalue weighted by atomic mass is 35.5. The number of carbonyl (C=O) groups is 1. The Morgan fingerprint density at radius 2 is 2.00 bits per heavy atom. The first-order valence-electron chi connectivity index (χ1n) is 4.95. The fourth-order valence-corrected chi connectivity index (χ4v) is 1.52. The molecule has 1 aromatic heterocycles. The summed E-state index contributed by atoms with van der Waals surface area (Å²) in [5, 5.41) is 2.39. The number of nitrogens with zero attached hydrogens (tertiary/aromatic N) is 1. The molecule has 92 valence electrons. The van der Waals surface area contributed by atoms with Gasteiger partial charge in [0.25, 0.3) is 5.91 Å². The smallest absolute Gasteiger partial charge is 0.257 e. The largest absolute Gasteiger partial charge is 0.318 e. The summed E-state index contributed by atoms with van der Waals surface area (Å²) in [6.07, 6.45) is 1.05. The molecule has 1 amide bonds. The average molecular weight is 269 g/mol. The predicted octanol–water partition coefficient (Wildman–Crippen LogP) is 3.27. The first kappa shape index (κ1) is 12.4. The third-order valence-corrected chi connectivity index (χ3v) is 2.51. The molecule has 2 aromatic rings. The number of hydrogen-bond donors (Lipinski definition) is 1. The molecule has 1 aromatic carbocycles. The molecule has 2 rings (SSSR count). The number of para-hydroxylation sites is 1. The van der Waals surface area contributed by atoms with Gasteiger partial charge in [0.15, 0.2) is 0 Å². The summed E-state index contributed by atoms with van der Waals surface area (Å²) in [6, 6.07) is 6.32. The normalized spacial score (nSPS) is 10.2. The van der Waals surface area contributed by atoms with Crippen LogP contribution in [0.3, 0.4) is 0 Å². The minimum absolute atomic E-state index is 0.0819. The van der Waals surface area contributed by atoms with E-state index >= 15 is 0 Å². The SMILES string of the molecule is O=C(Nc1c(F)cccc1Cl)c1ccc(F)nc1. The van der Waals surface area contributed by atoms with Crippen LogP contribution in [0.5, 0.6) is 0 Å². The summed E-state index contributed by atoms with van der Waals surface area (Å²) < 4.78 is 26.0. The molecule has 0 saturated carbocycles. The highest BCUT2D eigenvalue weighted by Crippen LogP contribution is 2.25. The van der Waals surface area contributed by atoms with Gasteiger partial charge in [0, 0.05) is 6.20 Å². The van der Waals surface area contributed by atoms with Crippen LogP contribution >= 0.6 is 11.6 Å². The third kappa shape index (κ3) is 2.62. The van der Waals surface area contributed by atoms with Crippen molar-refractivity contribution < 1.29 is 13.6 Å². The number of amides is 1. The fraction of sp³-hybridized carbons (Fsp3) is 0. The number of nitrogens with one attached hydrogen (secondary N) is 1. The van der Waals surface area contributed by atoms with Crippen molar-refractivity contribution in [3.05, 3.63) is 58.9 Å². The maximum absolute atomic E-state index is 13.4. The van der Waals surface area contributed by atoms with Crippen LogP contribution in [0.15, 0.2) is 36.5 Å². The number of benzene rings is 1. The Labute approximate surface area is 106 Å². The van der Waals surface area contributed by atoms with Gasteiger partial charge < -0.3 is 5.32 Å². The Morgan fingerprint density at radius 1 is 1.22 bits per heavy atom. The molecule has 0 spiro atoms. The zero-order valence-electron chi connectivity index (χ0n) is 8.95. The Hall–Kier alpha value is -2.01. The number of pyridine rings is 1. The van der Waals surface area contributed by atoms with Gasteiger partial charge in [0.2, 0.25) is 5.95 Å². The van der Waals surface area contributed by atoms with Crippen molar-refractivity contribution in [2.45, 2.75) is 0 Å². The lowest BCUT2D eigenvalue weighted by Crippen LogP contribution is -2.13. The first-order chi connectivity index (χ1) is 8.58. The summed E-state index contributed by atoms with van der Waals surface area (Å²) >= 11 is 5.76. The predicted molar refractivity (Wildman–Crippen MR) is 63.6 cm³/mol. The van der Waals surface area contributed by atoms with E-state index in [-0.39, 0.29) is 16.3 Å². The van der Waals surface area contributed by atoms with Crippen molar-refractivity contribution >= 4 is 23.2 Å². The van der Waals surface area contributed by atoms with Crippen LogP contribution in [0, 0.1) is 11.8 Å². The second-order valence-corrected chi connectivity index (χ2v) is 3.83. The van der Waals surface area contributed by atoms with Crippen molar-refractivity contribution in [3.63, 3.8) is 0 Å². The van der Waals surface area contributed by atoms with E-state index in [0.717, 1.165) is 12.3 Å².